The van der Waals surface area contributed by atoms with Crippen LogP contribution in [0.5, 0.6) is 5.75 Å². The fourth-order valence-corrected chi connectivity index (χ4v) is 4.92. The van der Waals surface area contributed by atoms with Gasteiger partial charge in [0, 0.05) is 19.2 Å². The Kier molecular flexibility index (Phi) is 9.00. The van der Waals surface area contributed by atoms with Gasteiger partial charge in [0.2, 0.25) is 11.8 Å². The first-order valence-corrected chi connectivity index (χ1v) is 12.7. The van der Waals surface area contributed by atoms with Crippen LogP contribution in [0, 0.1) is 0 Å². The summed E-state index contributed by atoms with van der Waals surface area (Å²) in [5, 5.41) is 5.80. The van der Waals surface area contributed by atoms with E-state index in [0.29, 0.717) is 17.9 Å². The molecule has 1 saturated carbocycles. The van der Waals surface area contributed by atoms with Gasteiger partial charge in [-0.1, -0.05) is 31.4 Å². The summed E-state index contributed by atoms with van der Waals surface area (Å²) in [6, 6.07) is 9.54. The van der Waals surface area contributed by atoms with Crippen LogP contribution in [0.1, 0.15) is 67.1 Å². The van der Waals surface area contributed by atoms with Crippen molar-refractivity contribution in [2.24, 2.45) is 0 Å². The smallest absolute Gasteiger partial charge is 0.287 e. The number of hydrogen-bond donors (Lipinski definition) is 2. The van der Waals surface area contributed by atoms with Gasteiger partial charge in [0.05, 0.1) is 26.0 Å². The summed E-state index contributed by atoms with van der Waals surface area (Å²) in [6.45, 7) is 0.596. The zero-order valence-electron chi connectivity index (χ0n) is 20.7. The van der Waals surface area contributed by atoms with Crippen LogP contribution in [0.3, 0.4) is 0 Å². The molecule has 2 atom stereocenters. The number of amides is 3. The molecule has 1 aliphatic carbocycles. The molecular formula is C27H35N3O6. The van der Waals surface area contributed by atoms with E-state index in [1.54, 1.807) is 25.3 Å². The van der Waals surface area contributed by atoms with Gasteiger partial charge >= 0.3 is 0 Å². The molecule has 2 heterocycles. The van der Waals surface area contributed by atoms with E-state index in [0.717, 1.165) is 38.5 Å². The van der Waals surface area contributed by atoms with Gasteiger partial charge in [-0.25, -0.2) is 0 Å². The molecule has 36 heavy (non-hydrogen) atoms. The Bertz CT molecular complexity index is 1010. The molecule has 2 aliphatic rings. The van der Waals surface area contributed by atoms with Crippen LogP contribution in [0.2, 0.25) is 0 Å². The second kappa shape index (κ2) is 12.6. The van der Waals surface area contributed by atoms with E-state index in [4.69, 9.17) is 13.9 Å². The quantitative estimate of drug-likeness (QED) is 0.522. The van der Waals surface area contributed by atoms with Gasteiger partial charge in [0.1, 0.15) is 11.8 Å². The summed E-state index contributed by atoms with van der Waals surface area (Å²) in [5.41, 5.74) is 0.645. The molecule has 4 rings (SSSR count). The van der Waals surface area contributed by atoms with E-state index in [1.165, 1.54) is 23.7 Å². The van der Waals surface area contributed by atoms with Crippen molar-refractivity contribution in [2.75, 3.05) is 26.8 Å². The molecule has 0 spiro atoms. The number of carbonyl (C=O) groups excluding carboxylic acids is 3. The molecular weight excluding hydrogens is 462 g/mol. The minimum atomic E-state index is -0.890. The Balaban J connectivity index is 1.60. The van der Waals surface area contributed by atoms with E-state index in [1.807, 2.05) is 12.1 Å². The predicted octanol–water partition coefficient (Wildman–Crippen LogP) is 3.22. The third-order valence-corrected chi connectivity index (χ3v) is 6.81. The predicted molar refractivity (Wildman–Crippen MR) is 132 cm³/mol. The van der Waals surface area contributed by atoms with Gasteiger partial charge in [-0.05, 0) is 55.5 Å². The molecule has 1 aromatic heterocycles. The van der Waals surface area contributed by atoms with E-state index in [2.05, 4.69) is 10.6 Å². The lowest BCUT2D eigenvalue weighted by molar-refractivity contribution is -0.142. The molecule has 9 nitrogen and oxygen atoms in total. The third-order valence-electron chi connectivity index (χ3n) is 6.81. The number of carbonyl (C=O) groups is 3. The average molecular weight is 498 g/mol. The van der Waals surface area contributed by atoms with Crippen LogP contribution in [0.4, 0.5) is 0 Å². The molecule has 194 valence electrons. The fourth-order valence-electron chi connectivity index (χ4n) is 4.92. The second-order valence-electron chi connectivity index (χ2n) is 9.36. The van der Waals surface area contributed by atoms with Crippen molar-refractivity contribution < 1.29 is 28.3 Å². The molecule has 1 aromatic carbocycles. The normalized spacial score (nSPS) is 18.9. The van der Waals surface area contributed by atoms with Crippen LogP contribution < -0.4 is 15.4 Å². The van der Waals surface area contributed by atoms with Crippen LogP contribution in [0.15, 0.2) is 47.1 Å². The van der Waals surface area contributed by atoms with Gasteiger partial charge in [-0.3, -0.25) is 14.4 Å². The summed E-state index contributed by atoms with van der Waals surface area (Å²) in [6.07, 6.45) is 8.10. The molecule has 1 aliphatic heterocycles. The molecule has 3 amide bonds. The van der Waals surface area contributed by atoms with Crippen LogP contribution in [-0.2, 0) is 14.3 Å². The van der Waals surface area contributed by atoms with Crippen LogP contribution in [0.25, 0.3) is 0 Å². The Morgan fingerprint density at radius 3 is 2.61 bits per heavy atom. The first-order valence-electron chi connectivity index (χ1n) is 12.7. The molecule has 0 radical (unpaired) electrons. The minimum Gasteiger partial charge on any atom is -0.497 e. The number of rotatable bonds is 10. The zero-order chi connectivity index (χ0) is 25.3. The maximum atomic E-state index is 13.8. The number of methoxy groups -OCH3 is 1. The topological polar surface area (TPSA) is 110 Å². The summed E-state index contributed by atoms with van der Waals surface area (Å²) in [5.74, 6) is -0.391. The van der Waals surface area contributed by atoms with E-state index in [9.17, 15) is 14.4 Å². The SMILES string of the molecule is COc1cccc([C@H](C(=O)NC2CCCCC2)N(C[C@H]2CCCO2)C(=O)CNC(=O)c2ccco2)c1. The molecule has 0 bridgehead atoms. The Morgan fingerprint density at radius 2 is 1.92 bits per heavy atom. The van der Waals surface area contributed by atoms with Crippen LogP contribution in [-0.4, -0.2) is 61.6 Å². The Labute approximate surface area is 211 Å². The van der Waals surface area contributed by atoms with Crippen molar-refractivity contribution in [1.82, 2.24) is 15.5 Å². The van der Waals surface area contributed by atoms with Gasteiger partial charge in [0.15, 0.2) is 5.76 Å². The van der Waals surface area contributed by atoms with Crippen molar-refractivity contribution >= 4 is 17.7 Å². The van der Waals surface area contributed by atoms with Crippen molar-refractivity contribution in [3.63, 3.8) is 0 Å². The number of nitrogens with zero attached hydrogens (tertiary/aromatic N) is 1. The van der Waals surface area contributed by atoms with Crippen molar-refractivity contribution in [1.29, 1.82) is 0 Å². The minimum absolute atomic E-state index is 0.0812. The summed E-state index contributed by atoms with van der Waals surface area (Å²) in [4.78, 5) is 41.3. The van der Waals surface area contributed by atoms with Crippen molar-refractivity contribution in [3.05, 3.63) is 54.0 Å². The zero-order valence-corrected chi connectivity index (χ0v) is 20.7. The highest BCUT2D eigenvalue weighted by atomic mass is 16.5. The van der Waals surface area contributed by atoms with Crippen molar-refractivity contribution in [3.8, 4) is 5.75 Å². The summed E-state index contributed by atoms with van der Waals surface area (Å²) >= 11 is 0. The molecule has 0 unspecified atom stereocenters. The number of furan rings is 1. The monoisotopic (exact) mass is 497 g/mol. The molecule has 2 fully saturated rings. The van der Waals surface area contributed by atoms with E-state index >= 15 is 0 Å². The highest BCUT2D eigenvalue weighted by Gasteiger charge is 2.35. The number of nitrogens with one attached hydrogen (secondary N) is 2. The Morgan fingerprint density at radius 1 is 1.08 bits per heavy atom. The first-order chi connectivity index (χ1) is 17.5. The molecule has 2 aromatic rings. The number of ether oxygens (including phenoxy) is 2. The third kappa shape index (κ3) is 6.66. The lowest BCUT2D eigenvalue weighted by atomic mass is 9.94. The fraction of sp³-hybridized carbons (Fsp3) is 0.519. The summed E-state index contributed by atoms with van der Waals surface area (Å²) < 4.78 is 16.4. The maximum absolute atomic E-state index is 13.8. The lowest BCUT2D eigenvalue weighted by Crippen LogP contribution is -2.51. The highest BCUT2D eigenvalue weighted by molar-refractivity contribution is 5.95. The standard InChI is InChI=1S/C27H35N3O6/c1-34-21-11-5-8-19(16-21)25(27(33)29-20-9-3-2-4-10-20)30(18-22-12-6-14-35-22)24(31)17-28-26(32)23-13-7-15-36-23/h5,7-8,11,13,15-16,20,22,25H,2-4,6,9-10,12,14,17-18H2,1H3,(H,28,32)(H,29,33)/t22-,25-/m1/s1. The molecule has 1 saturated heterocycles. The maximum Gasteiger partial charge on any atom is 0.287 e. The highest BCUT2D eigenvalue weighted by Crippen LogP contribution is 2.28. The number of hydrogen-bond acceptors (Lipinski definition) is 6. The van der Waals surface area contributed by atoms with E-state index in [-0.39, 0.29) is 42.8 Å². The average Bonchev–Trinajstić information content (AvgIpc) is 3.62. The van der Waals surface area contributed by atoms with E-state index < -0.39 is 11.9 Å². The second-order valence-corrected chi connectivity index (χ2v) is 9.36. The largest absolute Gasteiger partial charge is 0.497 e. The van der Waals surface area contributed by atoms with Gasteiger partial charge in [-0.2, -0.15) is 0 Å². The summed E-state index contributed by atoms with van der Waals surface area (Å²) in [7, 11) is 1.57. The Hall–Kier alpha value is -3.33. The van der Waals surface area contributed by atoms with Crippen LogP contribution >= 0.6 is 0 Å². The molecule has 9 heteroatoms. The van der Waals surface area contributed by atoms with Crippen molar-refractivity contribution in [2.45, 2.75) is 63.1 Å². The van der Waals surface area contributed by atoms with Gasteiger partial charge in [-0.15, -0.1) is 0 Å². The number of benzene rings is 1. The molecule has 2 N–H and O–H groups in total. The van der Waals surface area contributed by atoms with Gasteiger partial charge < -0.3 is 29.4 Å². The lowest BCUT2D eigenvalue weighted by Gasteiger charge is -2.34. The first kappa shape index (κ1) is 25.8. The van der Waals surface area contributed by atoms with Gasteiger partial charge in [0.25, 0.3) is 5.91 Å².